The van der Waals surface area contributed by atoms with Gasteiger partial charge in [0.25, 0.3) is 0 Å². The van der Waals surface area contributed by atoms with Crippen LogP contribution in [0.15, 0.2) is 23.1 Å². The van der Waals surface area contributed by atoms with E-state index in [4.69, 9.17) is 5.73 Å². The monoisotopic (exact) mass is 301 g/mol. The first-order chi connectivity index (χ1) is 9.44. The Balaban J connectivity index is 2.10. The molecule has 5 nitrogen and oxygen atoms in total. The molecule has 1 fully saturated rings. The lowest BCUT2D eigenvalue weighted by atomic mass is 10.1. The van der Waals surface area contributed by atoms with Gasteiger partial charge in [-0.3, -0.25) is 0 Å². The van der Waals surface area contributed by atoms with Gasteiger partial charge in [0.15, 0.2) is 0 Å². The Morgan fingerprint density at radius 1 is 1.40 bits per heavy atom. The van der Waals surface area contributed by atoms with Gasteiger partial charge in [-0.2, -0.15) is 0 Å². The molecule has 0 amide bonds. The molecule has 0 bridgehead atoms. The summed E-state index contributed by atoms with van der Waals surface area (Å²) in [5.41, 5.74) is 5.19. The number of hydrogen-bond acceptors (Lipinski definition) is 4. The first-order valence-electron chi connectivity index (χ1n) is 6.72. The topological polar surface area (TPSA) is 75.4 Å². The van der Waals surface area contributed by atoms with Gasteiger partial charge in [-0.05, 0) is 44.6 Å². The minimum Gasteiger partial charge on any atom is -0.395 e. The molecular weight excluding hydrogens is 281 g/mol. The molecule has 1 aromatic rings. The second-order valence-electron chi connectivity index (χ2n) is 4.98. The van der Waals surface area contributed by atoms with Crippen LogP contribution in [0.2, 0.25) is 0 Å². The maximum absolute atomic E-state index is 13.4. The molecule has 0 saturated carbocycles. The van der Waals surface area contributed by atoms with Crippen molar-refractivity contribution in [2.45, 2.75) is 30.7 Å². The molecule has 112 valence electrons. The van der Waals surface area contributed by atoms with Crippen molar-refractivity contribution < 1.29 is 12.8 Å². The number of piperidine rings is 1. The van der Waals surface area contributed by atoms with E-state index in [2.05, 4.69) is 16.5 Å². The van der Waals surface area contributed by atoms with Crippen LogP contribution in [0.3, 0.4) is 0 Å². The molecule has 0 aromatic heterocycles. The number of anilines is 1. The molecule has 1 aliphatic rings. The molecule has 1 heterocycles. The van der Waals surface area contributed by atoms with Gasteiger partial charge in [-0.1, -0.05) is 13.0 Å². The number of rotatable bonds is 4. The van der Waals surface area contributed by atoms with Crippen molar-refractivity contribution in [3.05, 3.63) is 24.0 Å². The number of para-hydroxylation sites is 1. The van der Waals surface area contributed by atoms with E-state index in [1.54, 1.807) is 0 Å². The van der Waals surface area contributed by atoms with Crippen LogP contribution in [0.25, 0.3) is 0 Å². The maximum atomic E-state index is 13.4. The van der Waals surface area contributed by atoms with E-state index in [0.717, 1.165) is 38.5 Å². The Morgan fingerprint density at radius 3 is 2.65 bits per heavy atom. The highest BCUT2D eigenvalue weighted by atomic mass is 32.2. The summed E-state index contributed by atoms with van der Waals surface area (Å²) < 4.78 is 40.5. The number of halogens is 1. The highest BCUT2D eigenvalue weighted by Crippen LogP contribution is 2.22. The normalized spacial score (nSPS) is 18.3. The molecule has 0 radical (unpaired) electrons. The fraction of sp³-hybridized carbons (Fsp3) is 0.538. The van der Waals surface area contributed by atoms with E-state index in [0.29, 0.717) is 0 Å². The van der Waals surface area contributed by atoms with Crippen LogP contribution < -0.4 is 10.5 Å². The summed E-state index contributed by atoms with van der Waals surface area (Å²) in [5, 5.41) is 0. The first kappa shape index (κ1) is 15.2. The smallest absolute Gasteiger partial charge is 0.242 e. The Bertz CT molecular complexity index is 569. The second-order valence-corrected chi connectivity index (χ2v) is 6.66. The summed E-state index contributed by atoms with van der Waals surface area (Å²) in [7, 11) is -3.77. The molecule has 0 unspecified atom stereocenters. The van der Waals surface area contributed by atoms with E-state index in [-0.39, 0.29) is 16.6 Å². The largest absolute Gasteiger partial charge is 0.395 e. The maximum Gasteiger partial charge on any atom is 0.242 e. The summed E-state index contributed by atoms with van der Waals surface area (Å²) in [6, 6.07) is 3.70. The molecule has 1 saturated heterocycles. The fourth-order valence-corrected chi connectivity index (χ4v) is 3.85. The molecule has 1 aliphatic heterocycles. The average molecular weight is 301 g/mol. The number of nitrogen functional groups attached to an aromatic ring is 1. The summed E-state index contributed by atoms with van der Waals surface area (Å²) in [5.74, 6) is -0.714. The van der Waals surface area contributed by atoms with Gasteiger partial charge in [-0.15, -0.1) is 0 Å². The van der Waals surface area contributed by atoms with E-state index >= 15 is 0 Å². The standard InChI is InChI=1S/C13H20FN3O2S/c1-2-17-8-6-10(7-9-17)16-20(18,19)12-5-3-4-11(14)13(12)15/h3-5,10,16H,2,6-9,15H2,1H3. The van der Waals surface area contributed by atoms with Gasteiger partial charge >= 0.3 is 0 Å². The quantitative estimate of drug-likeness (QED) is 0.819. The number of likely N-dealkylation sites (tertiary alicyclic amines) is 1. The lowest BCUT2D eigenvalue weighted by Gasteiger charge is -2.31. The molecule has 20 heavy (non-hydrogen) atoms. The van der Waals surface area contributed by atoms with Gasteiger partial charge in [0, 0.05) is 6.04 Å². The minimum atomic E-state index is -3.77. The van der Waals surface area contributed by atoms with Crippen molar-refractivity contribution in [1.29, 1.82) is 0 Å². The lowest BCUT2D eigenvalue weighted by Crippen LogP contribution is -2.44. The minimum absolute atomic E-state index is 0.120. The molecule has 2 rings (SSSR count). The third kappa shape index (κ3) is 3.28. The van der Waals surface area contributed by atoms with Crippen molar-refractivity contribution in [2.75, 3.05) is 25.4 Å². The van der Waals surface area contributed by atoms with Gasteiger partial charge < -0.3 is 10.6 Å². The summed E-state index contributed by atoms with van der Waals surface area (Å²) in [6.07, 6.45) is 1.50. The van der Waals surface area contributed by atoms with Gasteiger partial charge in [0.1, 0.15) is 10.7 Å². The number of benzene rings is 1. The van der Waals surface area contributed by atoms with E-state index < -0.39 is 15.8 Å². The van der Waals surface area contributed by atoms with Crippen LogP contribution in [0, 0.1) is 5.82 Å². The lowest BCUT2D eigenvalue weighted by molar-refractivity contribution is 0.217. The Hall–Kier alpha value is -1.18. The summed E-state index contributed by atoms with van der Waals surface area (Å²) >= 11 is 0. The second kappa shape index (κ2) is 6.07. The highest BCUT2D eigenvalue weighted by molar-refractivity contribution is 7.89. The summed E-state index contributed by atoms with van der Waals surface area (Å²) in [4.78, 5) is 2.08. The van der Waals surface area contributed by atoms with Crippen LogP contribution in [-0.2, 0) is 10.0 Å². The van der Waals surface area contributed by atoms with E-state index in [1.807, 2.05) is 0 Å². The highest BCUT2D eigenvalue weighted by Gasteiger charge is 2.26. The van der Waals surface area contributed by atoms with Crippen molar-refractivity contribution in [3.8, 4) is 0 Å². The fourth-order valence-electron chi connectivity index (χ4n) is 2.40. The predicted molar refractivity (Wildman–Crippen MR) is 76.3 cm³/mol. The molecule has 0 spiro atoms. The van der Waals surface area contributed by atoms with Crippen LogP contribution in [0.4, 0.5) is 10.1 Å². The van der Waals surface area contributed by atoms with Crippen molar-refractivity contribution in [1.82, 2.24) is 9.62 Å². The predicted octanol–water partition coefficient (Wildman–Crippen LogP) is 1.17. The van der Waals surface area contributed by atoms with Crippen LogP contribution >= 0.6 is 0 Å². The zero-order valence-electron chi connectivity index (χ0n) is 11.5. The van der Waals surface area contributed by atoms with Gasteiger partial charge in [0.05, 0.1) is 5.69 Å². The number of hydrogen-bond donors (Lipinski definition) is 2. The van der Waals surface area contributed by atoms with Crippen molar-refractivity contribution >= 4 is 15.7 Å². The van der Waals surface area contributed by atoms with Crippen molar-refractivity contribution in [3.63, 3.8) is 0 Å². The number of sulfonamides is 1. The average Bonchev–Trinajstić information content (AvgIpc) is 2.42. The van der Waals surface area contributed by atoms with E-state index in [1.165, 1.54) is 12.1 Å². The third-order valence-corrected chi connectivity index (χ3v) is 5.24. The molecule has 7 heteroatoms. The molecule has 0 atom stereocenters. The van der Waals surface area contributed by atoms with Gasteiger partial charge in [0.2, 0.25) is 10.0 Å². The number of nitrogens with zero attached hydrogens (tertiary/aromatic N) is 1. The number of nitrogens with one attached hydrogen (secondary N) is 1. The van der Waals surface area contributed by atoms with E-state index in [9.17, 15) is 12.8 Å². The Labute approximate surface area is 119 Å². The third-order valence-electron chi connectivity index (χ3n) is 3.66. The zero-order valence-corrected chi connectivity index (χ0v) is 12.3. The SMILES string of the molecule is CCN1CCC(NS(=O)(=O)c2cccc(F)c2N)CC1. The molecular formula is C13H20FN3O2S. The van der Waals surface area contributed by atoms with Gasteiger partial charge in [-0.25, -0.2) is 17.5 Å². The first-order valence-corrected chi connectivity index (χ1v) is 8.21. The molecule has 3 N–H and O–H groups in total. The Kier molecular flexibility index (Phi) is 4.62. The zero-order chi connectivity index (χ0) is 14.8. The Morgan fingerprint density at radius 2 is 2.05 bits per heavy atom. The van der Waals surface area contributed by atoms with Crippen LogP contribution in [-0.4, -0.2) is 39.0 Å². The van der Waals surface area contributed by atoms with Crippen LogP contribution in [0.5, 0.6) is 0 Å². The summed E-state index contributed by atoms with van der Waals surface area (Å²) in [6.45, 7) is 4.78. The van der Waals surface area contributed by atoms with Crippen molar-refractivity contribution in [2.24, 2.45) is 0 Å². The number of nitrogens with two attached hydrogens (primary N) is 1. The van der Waals surface area contributed by atoms with Crippen LogP contribution in [0.1, 0.15) is 19.8 Å². The molecule has 0 aliphatic carbocycles. The molecule has 1 aromatic carbocycles.